The van der Waals surface area contributed by atoms with E-state index in [0.29, 0.717) is 5.92 Å². The van der Waals surface area contributed by atoms with E-state index in [-0.39, 0.29) is 0 Å². The minimum absolute atomic E-state index is 0.649. The Hall–Kier alpha value is -1.32. The maximum absolute atomic E-state index is 5.90. The quantitative estimate of drug-likeness (QED) is 0.915. The number of hydrogen-bond donors (Lipinski definition) is 1. The molecule has 0 unspecified atom stereocenters. The van der Waals surface area contributed by atoms with Crippen molar-refractivity contribution < 1.29 is 9.47 Å². The van der Waals surface area contributed by atoms with Crippen molar-refractivity contribution in [3.8, 4) is 5.75 Å². The summed E-state index contributed by atoms with van der Waals surface area (Å²) in [5.41, 5.74) is 2.77. The Morgan fingerprint density at radius 2 is 1.95 bits per heavy atom. The summed E-state index contributed by atoms with van der Waals surface area (Å²) in [6.07, 6.45) is 5.64. The SMILES string of the molecule is C1=C(c2ccc(OCC3CCOCC3)cc2)CCNC1. The standard InChI is InChI=1S/C17H23NO2/c1-3-17(20-13-14-7-11-19-12-8-14)4-2-15(1)16-5-9-18-10-6-16/h1-5,14,18H,6-13H2. The van der Waals surface area contributed by atoms with Crippen LogP contribution >= 0.6 is 0 Å². The molecule has 1 aromatic rings. The molecule has 0 atom stereocenters. The fourth-order valence-electron chi connectivity index (χ4n) is 2.78. The Bertz CT molecular complexity index is 447. The third-order valence-corrected chi connectivity index (χ3v) is 4.12. The third kappa shape index (κ3) is 3.62. The van der Waals surface area contributed by atoms with E-state index in [0.717, 1.165) is 57.9 Å². The van der Waals surface area contributed by atoms with Crippen LogP contribution in [0.5, 0.6) is 5.75 Å². The smallest absolute Gasteiger partial charge is 0.119 e. The predicted octanol–water partition coefficient (Wildman–Crippen LogP) is 2.87. The van der Waals surface area contributed by atoms with Crippen LogP contribution in [0.25, 0.3) is 5.57 Å². The summed E-state index contributed by atoms with van der Waals surface area (Å²) in [5, 5.41) is 3.34. The zero-order valence-electron chi connectivity index (χ0n) is 11.9. The van der Waals surface area contributed by atoms with Gasteiger partial charge in [0.1, 0.15) is 5.75 Å². The van der Waals surface area contributed by atoms with Crippen LogP contribution in [-0.2, 0) is 4.74 Å². The fraction of sp³-hybridized carbons (Fsp3) is 0.529. The van der Waals surface area contributed by atoms with Gasteiger partial charge in [0.25, 0.3) is 0 Å². The lowest BCUT2D eigenvalue weighted by Gasteiger charge is -2.22. The molecule has 2 aliphatic heterocycles. The second-order valence-electron chi connectivity index (χ2n) is 5.57. The van der Waals surface area contributed by atoms with Crippen molar-refractivity contribution >= 4 is 5.57 Å². The van der Waals surface area contributed by atoms with Crippen LogP contribution in [0.3, 0.4) is 0 Å². The summed E-state index contributed by atoms with van der Waals surface area (Å²) >= 11 is 0. The van der Waals surface area contributed by atoms with Crippen molar-refractivity contribution in [3.63, 3.8) is 0 Å². The highest BCUT2D eigenvalue weighted by molar-refractivity contribution is 5.67. The molecule has 1 N–H and O–H groups in total. The fourth-order valence-corrected chi connectivity index (χ4v) is 2.78. The largest absolute Gasteiger partial charge is 0.493 e. The molecular weight excluding hydrogens is 250 g/mol. The number of rotatable bonds is 4. The van der Waals surface area contributed by atoms with Crippen molar-refractivity contribution in [3.05, 3.63) is 35.9 Å². The van der Waals surface area contributed by atoms with Gasteiger partial charge in [-0.3, -0.25) is 0 Å². The molecule has 0 saturated carbocycles. The molecule has 0 bridgehead atoms. The van der Waals surface area contributed by atoms with Gasteiger partial charge in [-0.05, 0) is 55.0 Å². The average Bonchev–Trinajstić information content (AvgIpc) is 2.55. The Labute approximate surface area is 121 Å². The average molecular weight is 273 g/mol. The molecule has 1 fully saturated rings. The Kier molecular flexibility index (Phi) is 4.72. The number of hydrogen-bond acceptors (Lipinski definition) is 3. The second-order valence-corrected chi connectivity index (χ2v) is 5.57. The van der Waals surface area contributed by atoms with Gasteiger partial charge in [0, 0.05) is 19.8 Å². The summed E-state index contributed by atoms with van der Waals surface area (Å²) in [4.78, 5) is 0. The topological polar surface area (TPSA) is 30.5 Å². The monoisotopic (exact) mass is 273 g/mol. The first-order chi connectivity index (χ1) is 9.92. The summed E-state index contributed by atoms with van der Waals surface area (Å²) in [6, 6.07) is 8.54. The lowest BCUT2D eigenvalue weighted by Crippen LogP contribution is -2.21. The van der Waals surface area contributed by atoms with Gasteiger partial charge in [0.05, 0.1) is 6.61 Å². The Balaban J connectivity index is 1.54. The van der Waals surface area contributed by atoms with Gasteiger partial charge in [-0.25, -0.2) is 0 Å². The van der Waals surface area contributed by atoms with Crippen molar-refractivity contribution in [1.82, 2.24) is 5.32 Å². The van der Waals surface area contributed by atoms with Crippen molar-refractivity contribution in [2.75, 3.05) is 32.9 Å². The highest BCUT2D eigenvalue weighted by Gasteiger charge is 2.14. The van der Waals surface area contributed by atoms with E-state index in [4.69, 9.17) is 9.47 Å². The van der Waals surface area contributed by atoms with Gasteiger partial charge >= 0.3 is 0 Å². The van der Waals surface area contributed by atoms with Crippen molar-refractivity contribution in [2.24, 2.45) is 5.92 Å². The first kappa shape index (κ1) is 13.7. The molecule has 0 amide bonds. The predicted molar refractivity (Wildman–Crippen MR) is 80.9 cm³/mol. The molecule has 3 heteroatoms. The molecule has 0 spiro atoms. The lowest BCUT2D eigenvalue weighted by molar-refractivity contribution is 0.0497. The molecule has 1 aromatic carbocycles. The molecule has 3 nitrogen and oxygen atoms in total. The minimum Gasteiger partial charge on any atom is -0.493 e. The van der Waals surface area contributed by atoms with Crippen LogP contribution in [0.4, 0.5) is 0 Å². The molecular formula is C17H23NO2. The van der Waals surface area contributed by atoms with E-state index in [1.807, 2.05) is 0 Å². The molecule has 0 aliphatic carbocycles. The second kappa shape index (κ2) is 6.91. The maximum atomic E-state index is 5.90. The van der Waals surface area contributed by atoms with Gasteiger partial charge in [-0.15, -0.1) is 0 Å². The summed E-state index contributed by atoms with van der Waals surface area (Å²) in [5.74, 6) is 1.63. The zero-order chi connectivity index (χ0) is 13.6. The van der Waals surface area contributed by atoms with Gasteiger partial charge in [-0.2, -0.15) is 0 Å². The van der Waals surface area contributed by atoms with Crippen LogP contribution in [0.1, 0.15) is 24.8 Å². The molecule has 0 aromatic heterocycles. The number of benzene rings is 1. The summed E-state index contributed by atoms with van der Waals surface area (Å²) in [7, 11) is 0. The zero-order valence-corrected chi connectivity index (χ0v) is 11.9. The van der Waals surface area contributed by atoms with Crippen LogP contribution < -0.4 is 10.1 Å². The van der Waals surface area contributed by atoms with Crippen molar-refractivity contribution in [2.45, 2.75) is 19.3 Å². The van der Waals surface area contributed by atoms with E-state index in [2.05, 4.69) is 35.7 Å². The maximum Gasteiger partial charge on any atom is 0.119 e. The third-order valence-electron chi connectivity index (χ3n) is 4.12. The first-order valence-electron chi connectivity index (χ1n) is 7.62. The lowest BCUT2D eigenvalue weighted by atomic mass is 10.00. The van der Waals surface area contributed by atoms with Crippen LogP contribution in [0, 0.1) is 5.92 Å². The van der Waals surface area contributed by atoms with Crippen LogP contribution in [-0.4, -0.2) is 32.9 Å². The van der Waals surface area contributed by atoms with Gasteiger partial charge < -0.3 is 14.8 Å². The molecule has 1 saturated heterocycles. The van der Waals surface area contributed by atoms with E-state index in [1.165, 1.54) is 11.1 Å². The van der Waals surface area contributed by atoms with Crippen LogP contribution in [0.15, 0.2) is 30.3 Å². The first-order valence-corrected chi connectivity index (χ1v) is 7.62. The van der Waals surface area contributed by atoms with E-state index >= 15 is 0 Å². The van der Waals surface area contributed by atoms with Crippen molar-refractivity contribution in [1.29, 1.82) is 0 Å². The van der Waals surface area contributed by atoms with Crippen LogP contribution in [0.2, 0.25) is 0 Å². The summed E-state index contributed by atoms with van der Waals surface area (Å²) < 4.78 is 11.3. The van der Waals surface area contributed by atoms with E-state index < -0.39 is 0 Å². The number of ether oxygens (including phenoxy) is 2. The van der Waals surface area contributed by atoms with Gasteiger partial charge in [0.2, 0.25) is 0 Å². The van der Waals surface area contributed by atoms with Gasteiger partial charge in [-0.1, -0.05) is 18.2 Å². The minimum atomic E-state index is 0.649. The Morgan fingerprint density at radius 1 is 1.15 bits per heavy atom. The van der Waals surface area contributed by atoms with E-state index in [9.17, 15) is 0 Å². The molecule has 108 valence electrons. The van der Waals surface area contributed by atoms with Gasteiger partial charge in [0.15, 0.2) is 0 Å². The molecule has 2 heterocycles. The Morgan fingerprint density at radius 3 is 2.65 bits per heavy atom. The molecule has 0 radical (unpaired) electrons. The number of nitrogens with one attached hydrogen (secondary N) is 1. The summed E-state index contributed by atoms with van der Waals surface area (Å²) in [6.45, 7) is 4.64. The highest BCUT2D eigenvalue weighted by Crippen LogP contribution is 2.23. The molecule has 2 aliphatic rings. The molecule has 3 rings (SSSR count). The molecule has 20 heavy (non-hydrogen) atoms. The normalized spacial score (nSPS) is 20.5. The highest BCUT2D eigenvalue weighted by atomic mass is 16.5. The van der Waals surface area contributed by atoms with E-state index in [1.54, 1.807) is 0 Å².